The molecule has 0 bridgehead atoms. The maximum Gasteiger partial charge on any atom is 0.397 e. The monoisotopic (exact) mass is 852 g/mol. The van der Waals surface area contributed by atoms with Gasteiger partial charge < -0.3 is 35.2 Å². The van der Waals surface area contributed by atoms with Crippen LogP contribution in [0.1, 0.15) is 226 Å². The normalized spacial score (nSPS) is 21.0. The number of aliphatic hydroxyl groups excluding tert-OH is 4. The Kier molecular flexibility index (Phi) is 34.9. The molecule has 1 aliphatic heterocycles. The van der Waals surface area contributed by atoms with Crippen molar-refractivity contribution >= 4 is 16.3 Å². The highest BCUT2D eigenvalue weighted by Crippen LogP contribution is 2.26. The van der Waals surface area contributed by atoms with Gasteiger partial charge in [0, 0.05) is 6.42 Å². The van der Waals surface area contributed by atoms with Crippen LogP contribution in [-0.4, -0.2) is 95.4 Å². The number of nitrogens with one attached hydrogen (secondary N) is 1. The molecule has 6 N–H and O–H groups in total. The number of ether oxygens (including phenoxy) is 2. The van der Waals surface area contributed by atoms with Gasteiger partial charge >= 0.3 is 10.4 Å². The fourth-order valence-corrected chi connectivity index (χ4v) is 8.44. The maximum absolute atomic E-state index is 13.0. The van der Waals surface area contributed by atoms with Crippen LogP contribution in [0.5, 0.6) is 0 Å². The summed E-state index contributed by atoms with van der Waals surface area (Å²) < 4.78 is 47.7. The summed E-state index contributed by atoms with van der Waals surface area (Å²) in [5, 5.41) is 44.9. The van der Waals surface area contributed by atoms with Gasteiger partial charge in [0.2, 0.25) is 5.91 Å². The molecule has 0 radical (unpaired) electrons. The number of hydrogen-bond acceptors (Lipinski definition) is 10. The summed E-state index contributed by atoms with van der Waals surface area (Å²) in [4.78, 5) is 13.0. The first kappa shape index (κ1) is 55.1. The van der Waals surface area contributed by atoms with E-state index in [1.807, 2.05) is 0 Å². The molecule has 13 heteroatoms. The minimum Gasteiger partial charge on any atom is -0.394 e. The zero-order chi connectivity index (χ0) is 42.7. The molecule has 0 spiro atoms. The lowest BCUT2D eigenvalue weighted by Gasteiger charge is -2.41. The summed E-state index contributed by atoms with van der Waals surface area (Å²) >= 11 is 0. The highest BCUT2D eigenvalue weighted by molar-refractivity contribution is 7.80. The van der Waals surface area contributed by atoms with Crippen LogP contribution in [0.15, 0.2) is 0 Å². The summed E-state index contributed by atoms with van der Waals surface area (Å²) in [5.74, 6) is -0.227. The van der Waals surface area contributed by atoms with E-state index in [0.717, 1.165) is 51.4 Å². The van der Waals surface area contributed by atoms with Crippen LogP contribution >= 0.6 is 0 Å². The maximum atomic E-state index is 13.0. The van der Waals surface area contributed by atoms with Crippen molar-refractivity contribution in [2.24, 2.45) is 0 Å². The van der Waals surface area contributed by atoms with Gasteiger partial charge in [0.15, 0.2) is 6.29 Å². The number of amides is 1. The second-order valence-corrected chi connectivity index (χ2v) is 18.1. The molecule has 7 unspecified atom stereocenters. The quantitative estimate of drug-likeness (QED) is 0.0254. The fraction of sp³-hybridized carbons (Fsp3) is 0.978. The number of carbonyl (C=O) groups excluding carboxylic acids is 1. The van der Waals surface area contributed by atoms with Crippen LogP contribution in [0.4, 0.5) is 0 Å². The summed E-state index contributed by atoms with van der Waals surface area (Å²) in [5.41, 5.74) is 0. The first-order chi connectivity index (χ1) is 28.0. The Morgan fingerprint density at radius 2 is 1.00 bits per heavy atom. The first-order valence-electron chi connectivity index (χ1n) is 23.9. The van der Waals surface area contributed by atoms with Crippen molar-refractivity contribution in [3.63, 3.8) is 0 Å². The summed E-state index contributed by atoms with van der Waals surface area (Å²) in [6, 6.07) is -0.851. The molecule has 1 heterocycles. The smallest absolute Gasteiger partial charge is 0.394 e. The van der Waals surface area contributed by atoms with Crippen LogP contribution in [0.2, 0.25) is 0 Å². The van der Waals surface area contributed by atoms with E-state index in [-0.39, 0.29) is 12.5 Å². The highest BCUT2D eigenvalue weighted by Gasteiger charge is 2.48. The van der Waals surface area contributed by atoms with Crippen LogP contribution < -0.4 is 5.32 Å². The van der Waals surface area contributed by atoms with E-state index in [1.54, 1.807) is 0 Å². The predicted molar refractivity (Wildman–Crippen MR) is 232 cm³/mol. The molecule has 1 fully saturated rings. The third-order valence-electron chi connectivity index (χ3n) is 11.7. The van der Waals surface area contributed by atoms with Gasteiger partial charge in [-0.2, -0.15) is 8.42 Å². The molecule has 0 aliphatic carbocycles. The van der Waals surface area contributed by atoms with Gasteiger partial charge in [-0.3, -0.25) is 9.35 Å². The lowest BCUT2D eigenvalue weighted by Crippen LogP contribution is -2.61. The molecule has 1 rings (SSSR count). The molecule has 346 valence electrons. The first-order valence-corrected chi connectivity index (χ1v) is 25.3. The third-order valence-corrected chi connectivity index (χ3v) is 12.1. The Labute approximate surface area is 354 Å². The summed E-state index contributed by atoms with van der Waals surface area (Å²) in [6.07, 6.45) is 29.6. The average molecular weight is 852 g/mol. The SMILES string of the molecule is CCCCCCCCCCCCCCCCCCCCC(O)C(COC1OC(CO)C(O)C(OS(=O)(=O)O)C1O)NC(=O)CCCCCCCCCCCCCCC. The highest BCUT2D eigenvalue weighted by atomic mass is 32.3. The van der Waals surface area contributed by atoms with E-state index in [1.165, 1.54) is 148 Å². The van der Waals surface area contributed by atoms with Crippen LogP contribution in [0, 0.1) is 0 Å². The van der Waals surface area contributed by atoms with Crippen LogP contribution in [-0.2, 0) is 28.9 Å². The molecule has 0 aromatic rings. The van der Waals surface area contributed by atoms with Gasteiger partial charge in [-0.1, -0.05) is 206 Å². The molecule has 1 aliphatic rings. The standard InChI is InChI=1S/C45H89NO11S/c1-3-5-7-9-11-13-15-17-18-19-20-21-23-24-26-28-30-32-34-39(48)38(37-55-45-43(51)44(57-58(52,53)54)42(50)40(36-47)56-45)46-41(49)35-33-31-29-27-25-22-16-14-12-10-8-6-4-2/h38-40,42-45,47-48,50-51H,3-37H2,1-2H3,(H,46,49)(H,52,53,54). The second-order valence-electron chi connectivity index (χ2n) is 17.1. The minimum atomic E-state index is -5.07. The second kappa shape index (κ2) is 36.7. The van der Waals surface area contributed by atoms with Crippen molar-refractivity contribution in [1.29, 1.82) is 0 Å². The van der Waals surface area contributed by atoms with Gasteiger partial charge in [0.05, 0.1) is 25.4 Å². The van der Waals surface area contributed by atoms with Gasteiger partial charge in [-0.05, 0) is 12.8 Å². The van der Waals surface area contributed by atoms with E-state index < -0.39 is 59.9 Å². The molecule has 1 saturated heterocycles. The zero-order valence-electron chi connectivity index (χ0n) is 36.9. The van der Waals surface area contributed by atoms with Gasteiger partial charge in [-0.15, -0.1) is 0 Å². The molecule has 1 amide bonds. The van der Waals surface area contributed by atoms with Crippen LogP contribution in [0.25, 0.3) is 0 Å². The molecule has 7 atom stereocenters. The number of unbranched alkanes of at least 4 members (excludes halogenated alkanes) is 29. The number of rotatable bonds is 41. The molecule has 0 aromatic carbocycles. The van der Waals surface area contributed by atoms with E-state index in [9.17, 15) is 38.2 Å². The topological polar surface area (TPSA) is 192 Å². The van der Waals surface area contributed by atoms with Crippen molar-refractivity contribution < 1.29 is 51.8 Å². The average Bonchev–Trinajstić information content (AvgIpc) is 3.19. The minimum absolute atomic E-state index is 0.227. The summed E-state index contributed by atoms with van der Waals surface area (Å²) in [6.45, 7) is 3.46. The lowest BCUT2D eigenvalue weighted by molar-refractivity contribution is -0.298. The van der Waals surface area contributed by atoms with E-state index in [2.05, 4.69) is 23.3 Å². The number of carbonyl (C=O) groups is 1. The van der Waals surface area contributed by atoms with E-state index in [4.69, 9.17) is 9.47 Å². The molecule has 58 heavy (non-hydrogen) atoms. The Hall–Kier alpha value is -0.900. The van der Waals surface area contributed by atoms with Crippen molar-refractivity contribution in [2.45, 2.75) is 269 Å². The van der Waals surface area contributed by atoms with Crippen molar-refractivity contribution in [2.75, 3.05) is 13.2 Å². The van der Waals surface area contributed by atoms with Crippen LogP contribution in [0.3, 0.4) is 0 Å². The van der Waals surface area contributed by atoms with Crippen molar-refractivity contribution in [1.82, 2.24) is 5.32 Å². The predicted octanol–water partition coefficient (Wildman–Crippen LogP) is 9.39. The van der Waals surface area contributed by atoms with Crippen molar-refractivity contribution in [3.05, 3.63) is 0 Å². The van der Waals surface area contributed by atoms with E-state index in [0.29, 0.717) is 12.8 Å². The summed E-state index contributed by atoms with van der Waals surface area (Å²) in [7, 11) is -5.07. The molecule has 12 nitrogen and oxygen atoms in total. The Bertz CT molecular complexity index is 1050. The fourth-order valence-electron chi connectivity index (χ4n) is 7.93. The van der Waals surface area contributed by atoms with Gasteiger partial charge in [0.25, 0.3) is 0 Å². The Balaban J connectivity index is 2.46. The van der Waals surface area contributed by atoms with Crippen molar-refractivity contribution in [3.8, 4) is 0 Å². The lowest BCUT2D eigenvalue weighted by atomic mass is 9.99. The largest absolute Gasteiger partial charge is 0.397 e. The van der Waals surface area contributed by atoms with Gasteiger partial charge in [-0.25, -0.2) is 4.18 Å². The third kappa shape index (κ3) is 29.4. The molecular weight excluding hydrogens is 763 g/mol. The Morgan fingerprint density at radius 1 is 0.621 bits per heavy atom. The molecular formula is C45H89NO11S. The molecule has 0 saturated carbocycles. The number of hydrogen-bond donors (Lipinski definition) is 6. The van der Waals surface area contributed by atoms with Gasteiger partial charge in [0.1, 0.15) is 24.4 Å². The molecule has 0 aromatic heterocycles. The Morgan fingerprint density at radius 3 is 1.38 bits per heavy atom. The van der Waals surface area contributed by atoms with E-state index >= 15 is 0 Å². The zero-order valence-corrected chi connectivity index (χ0v) is 37.7. The number of aliphatic hydroxyl groups is 4.